The van der Waals surface area contributed by atoms with E-state index >= 15 is 0 Å². The molecule has 0 saturated heterocycles. The van der Waals surface area contributed by atoms with E-state index in [1.54, 1.807) is 0 Å². The zero-order valence-corrected chi connectivity index (χ0v) is 13.8. The van der Waals surface area contributed by atoms with Gasteiger partial charge in [-0.15, -0.1) is 0 Å². The first-order valence-corrected chi connectivity index (χ1v) is 8.72. The Bertz CT molecular complexity index is 598. The molecule has 0 spiro atoms. The zero-order chi connectivity index (χ0) is 16.4. The monoisotopic (exact) mass is 335 g/mol. The Morgan fingerprint density at radius 3 is 2.30 bits per heavy atom. The number of rotatable bonds is 5. The highest BCUT2D eigenvalue weighted by molar-refractivity contribution is 6.31. The molecule has 1 aromatic rings. The molecule has 23 heavy (non-hydrogen) atoms. The summed E-state index contributed by atoms with van der Waals surface area (Å²) in [7, 11) is 0. The minimum atomic E-state index is -0.848. The molecule has 1 N–H and O–H groups in total. The summed E-state index contributed by atoms with van der Waals surface area (Å²) >= 11 is 6.25. The molecule has 2 saturated carbocycles. The van der Waals surface area contributed by atoms with Crippen LogP contribution in [0.25, 0.3) is 0 Å². The number of amides is 1. The van der Waals surface area contributed by atoms with Crippen molar-refractivity contribution in [3.05, 3.63) is 34.9 Å². The fourth-order valence-electron chi connectivity index (χ4n) is 3.72. The lowest BCUT2D eigenvalue weighted by molar-refractivity contribution is -0.158. The van der Waals surface area contributed by atoms with Crippen molar-refractivity contribution in [3.63, 3.8) is 0 Å². The maximum absolute atomic E-state index is 13.0. The average Bonchev–Trinajstić information content (AvgIpc) is 2.98. The van der Waals surface area contributed by atoms with Gasteiger partial charge in [0.1, 0.15) is 0 Å². The summed E-state index contributed by atoms with van der Waals surface area (Å²) < 4.78 is 0. The molecule has 2 fully saturated rings. The molecule has 0 aliphatic heterocycles. The van der Waals surface area contributed by atoms with E-state index in [0.29, 0.717) is 24.4 Å². The number of halogens is 1. The molecular formula is C18H22ClNO3. The molecular weight excluding hydrogens is 314 g/mol. The molecule has 4 nitrogen and oxygen atoms in total. The van der Waals surface area contributed by atoms with Crippen LogP contribution < -0.4 is 0 Å². The SMILES string of the molecule is O=C(O)C1CCC1C(=O)N(Cc1ccccc1Cl)C1CCCC1. The molecule has 3 rings (SSSR count). The largest absolute Gasteiger partial charge is 0.481 e. The van der Waals surface area contributed by atoms with Crippen LogP contribution in [0.15, 0.2) is 24.3 Å². The first-order valence-electron chi connectivity index (χ1n) is 8.34. The predicted molar refractivity (Wildman–Crippen MR) is 88.1 cm³/mol. The minimum Gasteiger partial charge on any atom is -0.481 e. The molecule has 0 aromatic heterocycles. The van der Waals surface area contributed by atoms with E-state index in [1.807, 2.05) is 29.2 Å². The summed E-state index contributed by atoms with van der Waals surface area (Å²) in [6, 6.07) is 7.78. The third kappa shape index (κ3) is 3.37. The van der Waals surface area contributed by atoms with E-state index in [4.69, 9.17) is 11.6 Å². The highest BCUT2D eigenvalue weighted by atomic mass is 35.5. The molecule has 124 valence electrons. The summed E-state index contributed by atoms with van der Waals surface area (Å²) in [5, 5.41) is 9.90. The number of benzene rings is 1. The van der Waals surface area contributed by atoms with Crippen LogP contribution in [0.2, 0.25) is 5.02 Å². The maximum atomic E-state index is 13.0. The quantitative estimate of drug-likeness (QED) is 0.892. The fraction of sp³-hybridized carbons (Fsp3) is 0.556. The first kappa shape index (κ1) is 16.3. The molecule has 0 radical (unpaired) electrons. The minimum absolute atomic E-state index is 0.00419. The third-order valence-corrected chi connectivity index (χ3v) is 5.62. The molecule has 2 unspecified atom stereocenters. The van der Waals surface area contributed by atoms with E-state index in [0.717, 1.165) is 31.2 Å². The van der Waals surface area contributed by atoms with Gasteiger partial charge in [-0.2, -0.15) is 0 Å². The lowest BCUT2D eigenvalue weighted by Gasteiger charge is -2.39. The van der Waals surface area contributed by atoms with Crippen molar-refractivity contribution in [1.82, 2.24) is 4.90 Å². The Morgan fingerprint density at radius 1 is 1.09 bits per heavy atom. The summed E-state index contributed by atoms with van der Waals surface area (Å²) in [5.74, 6) is -1.73. The Balaban J connectivity index is 1.79. The van der Waals surface area contributed by atoms with Gasteiger partial charge >= 0.3 is 5.97 Å². The van der Waals surface area contributed by atoms with Crippen molar-refractivity contribution in [3.8, 4) is 0 Å². The maximum Gasteiger partial charge on any atom is 0.307 e. The second-order valence-electron chi connectivity index (χ2n) is 6.62. The van der Waals surface area contributed by atoms with Crippen LogP contribution in [-0.2, 0) is 16.1 Å². The number of carbonyl (C=O) groups is 2. The number of carbonyl (C=O) groups excluding carboxylic acids is 1. The topological polar surface area (TPSA) is 57.6 Å². The average molecular weight is 336 g/mol. The molecule has 2 aliphatic carbocycles. The van der Waals surface area contributed by atoms with Gasteiger partial charge in [-0.3, -0.25) is 9.59 Å². The Kier molecular flexibility index (Phi) is 4.90. The van der Waals surface area contributed by atoms with E-state index in [1.165, 1.54) is 0 Å². The highest BCUT2D eigenvalue weighted by Gasteiger charge is 2.44. The molecule has 0 heterocycles. The second kappa shape index (κ2) is 6.91. The molecule has 1 aromatic carbocycles. The van der Waals surface area contributed by atoms with Crippen LogP contribution in [0.3, 0.4) is 0 Å². The number of nitrogens with zero attached hydrogens (tertiary/aromatic N) is 1. The Labute approximate surface area is 141 Å². The van der Waals surface area contributed by atoms with Gasteiger partial charge in [-0.25, -0.2) is 0 Å². The fourth-order valence-corrected chi connectivity index (χ4v) is 3.91. The summed E-state index contributed by atoms with van der Waals surface area (Å²) in [6.45, 7) is 0.478. The van der Waals surface area contributed by atoms with Crippen molar-refractivity contribution in [2.24, 2.45) is 11.8 Å². The first-order chi connectivity index (χ1) is 11.1. The van der Waals surface area contributed by atoms with Crippen LogP contribution in [0, 0.1) is 11.8 Å². The van der Waals surface area contributed by atoms with Crippen LogP contribution in [0.5, 0.6) is 0 Å². The van der Waals surface area contributed by atoms with Gasteiger partial charge in [-0.1, -0.05) is 42.6 Å². The van der Waals surface area contributed by atoms with Crippen molar-refractivity contribution < 1.29 is 14.7 Å². The molecule has 2 aliphatic rings. The van der Waals surface area contributed by atoms with E-state index in [-0.39, 0.29) is 17.9 Å². The van der Waals surface area contributed by atoms with Crippen molar-refractivity contribution in [2.75, 3.05) is 0 Å². The number of hydrogen-bond donors (Lipinski definition) is 1. The Hall–Kier alpha value is -1.55. The van der Waals surface area contributed by atoms with Gasteiger partial charge in [0.15, 0.2) is 0 Å². The number of hydrogen-bond acceptors (Lipinski definition) is 2. The number of carboxylic acids is 1. The van der Waals surface area contributed by atoms with E-state index in [9.17, 15) is 14.7 Å². The lowest BCUT2D eigenvalue weighted by Crippen LogP contribution is -2.48. The number of carboxylic acid groups (broad SMARTS) is 1. The molecule has 5 heteroatoms. The van der Waals surface area contributed by atoms with E-state index in [2.05, 4.69) is 0 Å². The summed E-state index contributed by atoms with van der Waals surface area (Å²) in [5.41, 5.74) is 0.931. The van der Waals surface area contributed by atoms with Gasteiger partial charge in [0.25, 0.3) is 0 Å². The third-order valence-electron chi connectivity index (χ3n) is 5.26. The van der Waals surface area contributed by atoms with Crippen LogP contribution in [0.4, 0.5) is 0 Å². The van der Waals surface area contributed by atoms with Crippen molar-refractivity contribution in [2.45, 2.75) is 51.1 Å². The van der Waals surface area contributed by atoms with Crippen LogP contribution >= 0.6 is 11.6 Å². The Morgan fingerprint density at radius 2 is 1.74 bits per heavy atom. The highest BCUT2D eigenvalue weighted by Crippen LogP contribution is 2.38. The summed E-state index contributed by atoms with van der Waals surface area (Å²) in [4.78, 5) is 26.1. The predicted octanol–water partition coefficient (Wildman–Crippen LogP) is 3.72. The van der Waals surface area contributed by atoms with Gasteiger partial charge in [-0.05, 0) is 37.3 Å². The molecule has 0 bridgehead atoms. The van der Waals surface area contributed by atoms with Crippen LogP contribution in [-0.4, -0.2) is 27.9 Å². The van der Waals surface area contributed by atoms with Gasteiger partial charge in [0.05, 0.1) is 11.8 Å². The van der Waals surface area contributed by atoms with Gasteiger partial charge in [0, 0.05) is 17.6 Å². The molecule has 1 amide bonds. The second-order valence-corrected chi connectivity index (χ2v) is 7.03. The summed E-state index contributed by atoms with van der Waals surface area (Å²) in [6.07, 6.45) is 5.55. The normalized spacial score (nSPS) is 24.2. The van der Waals surface area contributed by atoms with Crippen molar-refractivity contribution >= 4 is 23.5 Å². The van der Waals surface area contributed by atoms with Gasteiger partial charge < -0.3 is 10.0 Å². The molecule has 2 atom stereocenters. The van der Waals surface area contributed by atoms with Crippen LogP contribution in [0.1, 0.15) is 44.1 Å². The van der Waals surface area contributed by atoms with E-state index < -0.39 is 11.9 Å². The van der Waals surface area contributed by atoms with Crippen molar-refractivity contribution in [1.29, 1.82) is 0 Å². The smallest absolute Gasteiger partial charge is 0.307 e. The number of aliphatic carboxylic acids is 1. The lowest BCUT2D eigenvalue weighted by atomic mass is 9.72. The standard InChI is InChI=1S/C18H22ClNO3/c19-16-8-4-1-5-12(16)11-20(13-6-2-3-7-13)17(21)14-9-10-15(14)18(22)23/h1,4-5,8,13-15H,2-3,6-7,9-11H2,(H,22,23). The van der Waals surface area contributed by atoms with Gasteiger partial charge in [0.2, 0.25) is 5.91 Å². The zero-order valence-electron chi connectivity index (χ0n) is 13.1.